The smallest absolute Gasteiger partial charge is 0.473 e. The second kappa shape index (κ2) is 31.3. The van der Waals surface area contributed by atoms with Gasteiger partial charge in [-0.1, -0.05) is 41.5 Å². The van der Waals surface area contributed by atoms with Crippen molar-refractivity contribution < 1.29 is 93.2 Å². The predicted octanol–water partition coefficient (Wildman–Crippen LogP) is 4.09. The van der Waals surface area contributed by atoms with E-state index in [2.05, 4.69) is 15.3 Å². The molecule has 8 amide bonds. The molecule has 98 heavy (non-hydrogen) atoms. The van der Waals surface area contributed by atoms with Crippen LogP contribution >= 0.6 is 7.82 Å². The van der Waals surface area contributed by atoms with Crippen molar-refractivity contribution in [2.24, 2.45) is 84.7 Å². The predicted molar refractivity (Wildman–Crippen MR) is 357 cm³/mol. The van der Waals surface area contributed by atoms with Gasteiger partial charge in [-0.25, -0.2) is 20.5 Å². The quantitative estimate of drug-likeness (QED) is 0.0208. The Labute approximate surface area is 582 Å². The SMILES string of the molecule is C/C1=C2/[N-][C@H]([C@H](CC(N)=O)[C@@]2(C)CCC(=O)N=C[C@@H](C)OP(=O)(O)O[C@H]2[C@@H](O)[C@@H]([n+]3c[n-]c4cc(C)c(C)cc43)O[C@@H]2CO)[C@]2(C)[N-]C(/C(C)=C3\[N-]/C(=C\C4[N-]C1[C@@H](CCC(N)=O)C4(C)C)[C@@H](CCC(N)=O)[C@]3(C)CC(N)=O)[C@@H](CCC(N)=O)[C@]2(C)CC(N)=O.[C-]#CC(=O)NCC.[Co]. The number of hydrogen-bond acceptors (Lipinski definition) is 14. The molecule has 16 N–H and O–H groups in total. The van der Waals surface area contributed by atoms with Crippen molar-refractivity contribution in [2.45, 2.75) is 214 Å². The number of benzene rings is 1. The summed E-state index contributed by atoms with van der Waals surface area (Å²) in [7, 11) is -5.11. The number of aromatic nitrogens is 2. The normalized spacial score (nSPS) is 34.4. The molecule has 1 aromatic heterocycles. The number of nitrogens with one attached hydrogen (secondary N) is 1. The maximum atomic E-state index is 14.3. The van der Waals surface area contributed by atoms with Gasteiger partial charge in [-0.05, 0) is 142 Å². The van der Waals surface area contributed by atoms with Crippen LogP contribution in [0.5, 0.6) is 0 Å². The molecule has 18 atom stereocenters. The minimum Gasteiger partial charge on any atom is -0.685 e. The molecule has 8 bridgehead atoms. The molecule has 1 aromatic carbocycles. The Hall–Kier alpha value is -6.88. The number of nitrogens with zero attached hydrogens (tertiary/aromatic N) is 7. The van der Waals surface area contributed by atoms with Gasteiger partial charge in [0, 0.05) is 67.9 Å². The molecule has 31 heteroatoms. The van der Waals surface area contributed by atoms with Crippen LogP contribution in [0.1, 0.15) is 157 Å². The van der Waals surface area contributed by atoms with Crippen LogP contribution in [-0.2, 0) is 73.5 Å². The van der Waals surface area contributed by atoms with Crippen LogP contribution in [0.15, 0.2) is 57.8 Å². The first-order valence-electron chi connectivity index (χ1n) is 32.7. The summed E-state index contributed by atoms with van der Waals surface area (Å²) in [4.78, 5) is 123. The van der Waals surface area contributed by atoms with Crippen LogP contribution < -0.4 is 49.3 Å². The van der Waals surface area contributed by atoms with Gasteiger partial charge in [0.05, 0.1) is 24.0 Å². The summed E-state index contributed by atoms with van der Waals surface area (Å²) in [6.45, 7) is 22.0. The van der Waals surface area contributed by atoms with Crippen molar-refractivity contribution in [2.75, 3.05) is 13.2 Å². The number of phosphoric ester groups is 1. The summed E-state index contributed by atoms with van der Waals surface area (Å²) < 4.78 is 32.1. The zero-order valence-electron chi connectivity index (χ0n) is 57.7. The summed E-state index contributed by atoms with van der Waals surface area (Å²) in [6, 6.07) is 0.465. The largest absolute Gasteiger partial charge is 0.685 e. The van der Waals surface area contributed by atoms with Crippen molar-refractivity contribution in [3.8, 4) is 5.92 Å². The monoisotopic (exact) mass is 1430 g/mol. The number of aliphatic hydroxyl groups excluding tert-OH is 2. The van der Waals surface area contributed by atoms with Gasteiger partial charge in [0.1, 0.15) is 30.3 Å². The van der Waals surface area contributed by atoms with E-state index < -0.39 is 167 Å². The van der Waals surface area contributed by atoms with Crippen molar-refractivity contribution in [3.63, 3.8) is 0 Å². The topological polar surface area (TPSA) is 497 Å². The third-order valence-electron chi connectivity index (χ3n) is 21.5. The number of ether oxygens (including phenoxy) is 1. The molecule has 0 aliphatic carbocycles. The molecule has 7 heterocycles. The summed E-state index contributed by atoms with van der Waals surface area (Å²) >= 11 is 0. The number of rotatable bonds is 26. The van der Waals surface area contributed by atoms with E-state index in [1.807, 2.05) is 87.4 Å². The Bertz CT molecular complexity index is 3650. The van der Waals surface area contributed by atoms with Gasteiger partial charge in [-0.2, -0.15) is 17.1 Å². The fraction of sp³-hybridized carbons (Fsp3) is 0.642. The molecule has 0 saturated carbocycles. The standard InChI is InChI=1S/C62H90N13O14P.C5H6NO.Co/c1-29-20-39-40(21-30(29)2)75(28-70-39)57-52(84)53(41(27-76)87-57)89-90(85,86)88-31(3)26-69-49(83)18-19-59(8)37(22-46(66)80)56-62(11)61(10,25-48(68)82)36(14-17-45(65)79)51(74-62)33(5)55-60(9,24-47(67)81)34(12-15-43(63)77)38(71-55)23-42-58(6,7)35(13-16-44(64)78)50(72-42)32(4)54(59)73-56;1-3-5(7)6-4-2;/h20-21,23,26,28,31,34-37,41-42,50-53,56-57,76,84H,12-19,22,24-25,27H2,1-11H3,(H13,63,64,65,66,67,68,77,78,79,80,81,82,85,86);4H2,2H3,(H,6,7);/q-4;-1;/b38-23-,54-32-,55-33-,69-26?;;/t31-,34-,35-,36-,37+,41-,42?,50?,51?,52-,53-,56-,57+,59-,60+,61+,62+;;/m1../s1. The fourth-order valence-corrected chi connectivity index (χ4v) is 17.3. The first kappa shape index (κ1) is 80.1. The molecule has 8 rings (SSSR count). The van der Waals surface area contributed by atoms with E-state index in [9.17, 15) is 58.0 Å². The molecule has 4 unspecified atom stereocenters. The Morgan fingerprint density at radius 1 is 0.816 bits per heavy atom. The zero-order chi connectivity index (χ0) is 72.4. The minimum atomic E-state index is -5.11. The van der Waals surface area contributed by atoms with E-state index in [1.165, 1.54) is 13.3 Å². The van der Waals surface area contributed by atoms with Gasteiger partial charge < -0.3 is 96.6 Å². The summed E-state index contributed by atoms with van der Waals surface area (Å²) in [6.07, 6.45) is 2.80. The summed E-state index contributed by atoms with van der Waals surface area (Å²) in [5, 5.41) is 46.4. The van der Waals surface area contributed by atoms with Crippen LogP contribution in [-0.4, -0.2) is 136 Å². The van der Waals surface area contributed by atoms with Gasteiger partial charge in [-0.15, -0.1) is 46.9 Å². The van der Waals surface area contributed by atoms with Gasteiger partial charge >= 0.3 is 7.82 Å². The number of aliphatic imine (C=N–C) groups is 1. The summed E-state index contributed by atoms with van der Waals surface area (Å²) in [5.74, 6) is -5.98. The number of carbonyl (C=O) groups is 8. The Morgan fingerprint density at radius 3 is 1.97 bits per heavy atom. The van der Waals surface area contributed by atoms with Crippen molar-refractivity contribution in [1.82, 2.24) is 10.3 Å². The van der Waals surface area contributed by atoms with Crippen molar-refractivity contribution in [3.05, 3.63) is 91.6 Å². The Kier molecular flexibility index (Phi) is 25.6. The summed E-state index contributed by atoms with van der Waals surface area (Å²) in [5.41, 5.74) is 36.0. The maximum Gasteiger partial charge on any atom is 0.473 e. The maximum absolute atomic E-state index is 14.3. The molecule has 6 aliphatic heterocycles. The molecular formula is C67H96CoN14O15P-5. The number of fused-ring (bicyclic) bond motifs is 10. The number of aryl methyl sites for hydroxylation is 2. The van der Waals surface area contributed by atoms with E-state index in [0.717, 1.165) is 17.3 Å². The molecule has 543 valence electrons. The number of allylic oxidation sites excluding steroid dienone is 3. The number of primary amides is 6. The Morgan fingerprint density at radius 2 is 1.41 bits per heavy atom. The van der Waals surface area contributed by atoms with Crippen molar-refractivity contribution >= 4 is 72.3 Å². The molecular weight excluding hydrogens is 1330 g/mol. The van der Waals surface area contributed by atoms with Gasteiger partial charge in [0.15, 0.2) is 6.23 Å². The van der Waals surface area contributed by atoms with E-state index >= 15 is 0 Å². The van der Waals surface area contributed by atoms with Crippen LogP contribution in [0.25, 0.3) is 32.3 Å². The van der Waals surface area contributed by atoms with Gasteiger partial charge in [0.2, 0.25) is 41.4 Å². The number of amides is 8. The zero-order valence-corrected chi connectivity index (χ0v) is 59.6. The molecule has 5 fully saturated rings. The number of aliphatic hydroxyl groups is 2. The third-order valence-corrected chi connectivity index (χ3v) is 22.6. The number of nitrogens with two attached hydrogens (primary N) is 6. The second-order valence-corrected chi connectivity index (χ2v) is 29.7. The molecule has 5 saturated heterocycles. The number of imidazole rings is 1. The van der Waals surface area contributed by atoms with Gasteiger partial charge in [-0.3, -0.25) is 42.6 Å². The van der Waals surface area contributed by atoms with Crippen LogP contribution in [0, 0.1) is 71.5 Å². The first-order valence-corrected chi connectivity index (χ1v) is 34.2. The average molecular weight is 1430 g/mol. The van der Waals surface area contributed by atoms with Crippen molar-refractivity contribution in [1.29, 1.82) is 0 Å². The Balaban J connectivity index is 0.00000179. The van der Waals surface area contributed by atoms with E-state index in [1.54, 1.807) is 17.4 Å². The van der Waals surface area contributed by atoms with Crippen LogP contribution in [0.2, 0.25) is 0 Å². The second-order valence-electron chi connectivity index (χ2n) is 28.3. The van der Waals surface area contributed by atoms with E-state index in [4.69, 9.17) is 75.9 Å². The first-order chi connectivity index (χ1) is 45.1. The molecule has 6 aliphatic rings. The third kappa shape index (κ3) is 16.4. The number of phosphoric acid groups is 1. The molecule has 2 aromatic rings. The molecule has 29 nitrogen and oxygen atoms in total. The number of carbonyl (C=O) groups excluding carboxylic acids is 8. The molecule has 0 spiro atoms. The van der Waals surface area contributed by atoms with Gasteiger partial charge in [0.25, 0.3) is 0 Å². The minimum absolute atomic E-state index is 0. The molecule has 1 radical (unpaired) electrons. The van der Waals surface area contributed by atoms with E-state index in [-0.39, 0.29) is 87.4 Å². The van der Waals surface area contributed by atoms with Crippen LogP contribution in [0.4, 0.5) is 0 Å². The fourth-order valence-electron chi connectivity index (χ4n) is 16.2. The van der Waals surface area contributed by atoms with E-state index in [0.29, 0.717) is 45.8 Å². The average Bonchev–Trinajstić information content (AvgIpc) is 1.53. The number of hydrogen-bond donors (Lipinski definition) is 10. The van der Waals surface area contributed by atoms with Crippen LogP contribution in [0.3, 0.4) is 0 Å².